The minimum Gasteiger partial charge on any atom is -0.504 e. The van der Waals surface area contributed by atoms with Crippen molar-refractivity contribution in [3.63, 3.8) is 0 Å². The van der Waals surface area contributed by atoms with Gasteiger partial charge in [-0.05, 0) is 52.9 Å². The van der Waals surface area contributed by atoms with Gasteiger partial charge in [-0.1, -0.05) is 30.1 Å². The number of ether oxygens (including phenoxy) is 1. The summed E-state index contributed by atoms with van der Waals surface area (Å²) >= 11 is 14.0. The van der Waals surface area contributed by atoms with Gasteiger partial charge in [0.25, 0.3) is 0 Å². The first-order valence-electron chi connectivity index (χ1n) is 7.39. The van der Waals surface area contributed by atoms with Gasteiger partial charge < -0.3 is 9.84 Å². The van der Waals surface area contributed by atoms with Crippen molar-refractivity contribution in [2.24, 2.45) is 0 Å². The number of halogens is 2. The molecular formula is C18H16Cl2O2S. The molecule has 0 fully saturated rings. The molecule has 0 aliphatic heterocycles. The van der Waals surface area contributed by atoms with Crippen LogP contribution in [0.3, 0.4) is 0 Å². The lowest BCUT2D eigenvalue weighted by Crippen LogP contribution is -2.04. The fourth-order valence-corrected chi connectivity index (χ4v) is 3.70. The van der Waals surface area contributed by atoms with Gasteiger partial charge in [0.15, 0.2) is 11.5 Å². The van der Waals surface area contributed by atoms with Gasteiger partial charge in [-0.15, -0.1) is 0 Å². The number of allylic oxidation sites excluding steroid dienone is 4. The fourth-order valence-electron chi connectivity index (χ4n) is 2.55. The second-order valence-corrected chi connectivity index (χ2v) is 6.98. The first-order chi connectivity index (χ1) is 11.1. The number of benzene rings is 1. The Balaban J connectivity index is 1.99. The molecule has 1 aromatic heterocycles. The van der Waals surface area contributed by atoms with Crippen LogP contribution in [-0.4, -0.2) is 5.11 Å². The number of thiophene rings is 1. The second-order valence-electron chi connectivity index (χ2n) is 5.31. The number of hydrogen-bond acceptors (Lipinski definition) is 3. The Bertz CT molecular complexity index is 777. The molecule has 5 heteroatoms. The Morgan fingerprint density at radius 3 is 2.78 bits per heavy atom. The Hall–Kier alpha value is -1.42. The number of rotatable bonds is 4. The maximum atomic E-state index is 10.2. The zero-order valence-electron chi connectivity index (χ0n) is 12.6. The van der Waals surface area contributed by atoms with E-state index in [-0.39, 0.29) is 5.75 Å². The average molecular weight is 367 g/mol. The van der Waals surface area contributed by atoms with Gasteiger partial charge in [0, 0.05) is 23.1 Å². The van der Waals surface area contributed by atoms with Gasteiger partial charge in [-0.2, -0.15) is 11.3 Å². The van der Waals surface area contributed by atoms with Crippen LogP contribution in [-0.2, 0) is 0 Å². The lowest BCUT2D eigenvalue weighted by molar-refractivity contribution is 0.362. The monoisotopic (exact) mass is 366 g/mol. The molecule has 1 aromatic carbocycles. The highest BCUT2D eigenvalue weighted by Gasteiger charge is 2.17. The van der Waals surface area contributed by atoms with E-state index >= 15 is 0 Å². The third-order valence-corrected chi connectivity index (χ3v) is 5.07. The summed E-state index contributed by atoms with van der Waals surface area (Å²) in [5, 5.41) is 15.5. The van der Waals surface area contributed by atoms with Gasteiger partial charge in [0.2, 0.25) is 0 Å². The summed E-state index contributed by atoms with van der Waals surface area (Å²) in [6, 6.07) is 5.31. The van der Waals surface area contributed by atoms with Crippen LogP contribution in [0.15, 0.2) is 51.4 Å². The van der Waals surface area contributed by atoms with Gasteiger partial charge in [-0.25, -0.2) is 0 Å². The largest absolute Gasteiger partial charge is 0.504 e. The van der Waals surface area contributed by atoms with Gasteiger partial charge >= 0.3 is 0 Å². The van der Waals surface area contributed by atoms with E-state index in [2.05, 4.69) is 6.92 Å². The van der Waals surface area contributed by atoms with Crippen molar-refractivity contribution >= 4 is 34.5 Å². The normalized spacial score (nSPS) is 14.8. The first-order valence-corrected chi connectivity index (χ1v) is 9.09. The number of hydrogen-bond donors (Lipinski definition) is 1. The molecule has 0 unspecified atom stereocenters. The number of phenolic OH excluding ortho intramolecular Hbond substituents is 1. The van der Waals surface area contributed by atoms with Crippen LogP contribution >= 0.6 is 34.5 Å². The molecule has 23 heavy (non-hydrogen) atoms. The maximum Gasteiger partial charge on any atom is 0.169 e. The number of phenols is 1. The van der Waals surface area contributed by atoms with Crippen LogP contribution in [0.4, 0.5) is 0 Å². The summed E-state index contributed by atoms with van der Waals surface area (Å²) in [4.78, 5) is 0. The van der Waals surface area contributed by atoms with Crippen molar-refractivity contribution in [3.8, 4) is 22.6 Å². The molecule has 0 radical (unpaired) electrons. The van der Waals surface area contributed by atoms with Crippen LogP contribution in [0.2, 0.25) is 5.02 Å². The van der Waals surface area contributed by atoms with Crippen molar-refractivity contribution in [1.82, 2.24) is 0 Å². The van der Waals surface area contributed by atoms with Crippen molar-refractivity contribution in [3.05, 3.63) is 56.4 Å². The van der Waals surface area contributed by atoms with E-state index in [9.17, 15) is 5.11 Å². The van der Waals surface area contributed by atoms with Crippen LogP contribution in [0.5, 0.6) is 11.5 Å². The minimum absolute atomic E-state index is 0.0394. The molecule has 1 N–H and O–H groups in total. The van der Waals surface area contributed by atoms with E-state index in [0.717, 1.165) is 46.8 Å². The highest BCUT2D eigenvalue weighted by Crippen LogP contribution is 2.40. The molecule has 1 aliphatic carbocycles. The molecule has 0 bridgehead atoms. The summed E-state index contributed by atoms with van der Waals surface area (Å²) in [6.07, 6.45) is 4.27. The van der Waals surface area contributed by atoms with E-state index in [0.29, 0.717) is 10.8 Å². The van der Waals surface area contributed by atoms with Crippen molar-refractivity contribution in [2.45, 2.75) is 26.2 Å². The van der Waals surface area contributed by atoms with Crippen molar-refractivity contribution in [2.75, 3.05) is 0 Å². The van der Waals surface area contributed by atoms with E-state index in [4.69, 9.17) is 27.9 Å². The van der Waals surface area contributed by atoms with Crippen LogP contribution in [0.1, 0.15) is 26.2 Å². The van der Waals surface area contributed by atoms with E-state index in [1.165, 1.54) is 6.07 Å². The van der Waals surface area contributed by atoms with Crippen LogP contribution in [0, 0.1) is 0 Å². The molecular weight excluding hydrogens is 351 g/mol. The molecule has 1 aliphatic rings. The van der Waals surface area contributed by atoms with E-state index < -0.39 is 0 Å². The average Bonchev–Trinajstić information content (AvgIpc) is 3.05. The third kappa shape index (κ3) is 3.57. The van der Waals surface area contributed by atoms with E-state index in [1.807, 2.05) is 22.9 Å². The molecule has 2 nitrogen and oxygen atoms in total. The van der Waals surface area contributed by atoms with Crippen LogP contribution in [0.25, 0.3) is 11.1 Å². The summed E-state index contributed by atoms with van der Waals surface area (Å²) in [7, 11) is 0. The smallest absolute Gasteiger partial charge is 0.169 e. The summed E-state index contributed by atoms with van der Waals surface area (Å²) in [5.74, 6) is 1.31. The first kappa shape index (κ1) is 16.4. The summed E-state index contributed by atoms with van der Waals surface area (Å²) in [5.41, 5.74) is 2.93. The second kappa shape index (κ2) is 7.00. The predicted molar refractivity (Wildman–Crippen MR) is 97.5 cm³/mol. The fraction of sp³-hybridized carbons (Fsp3) is 0.222. The predicted octanol–water partition coefficient (Wildman–Crippen LogP) is 6.73. The highest BCUT2D eigenvalue weighted by atomic mass is 35.5. The lowest BCUT2D eigenvalue weighted by Gasteiger charge is -2.19. The molecule has 120 valence electrons. The zero-order chi connectivity index (χ0) is 16.4. The standard InChI is InChI=1S/C18H16Cl2O2S/c1-2-11-7-13(19)3-4-17(11)22-18-8-14(12-5-6-23-10-12)15(20)9-16(18)21/h5-10,21H,2-4H2,1H3. The zero-order valence-corrected chi connectivity index (χ0v) is 14.9. The van der Waals surface area contributed by atoms with Gasteiger partial charge in [0.1, 0.15) is 5.76 Å². The Morgan fingerprint density at radius 2 is 2.09 bits per heavy atom. The maximum absolute atomic E-state index is 10.2. The minimum atomic E-state index is 0.0394. The summed E-state index contributed by atoms with van der Waals surface area (Å²) in [6.45, 7) is 2.06. The van der Waals surface area contributed by atoms with Crippen molar-refractivity contribution in [1.29, 1.82) is 0 Å². The van der Waals surface area contributed by atoms with E-state index in [1.54, 1.807) is 17.4 Å². The Kier molecular flexibility index (Phi) is 5.00. The Labute approximate surface area is 149 Å². The highest BCUT2D eigenvalue weighted by molar-refractivity contribution is 7.08. The van der Waals surface area contributed by atoms with Crippen molar-refractivity contribution < 1.29 is 9.84 Å². The molecule has 0 amide bonds. The molecule has 0 atom stereocenters. The SMILES string of the molecule is CCC1=C(Oc2cc(-c3ccsc3)c(Cl)cc2O)CCC(Cl)=C1. The number of aromatic hydroxyl groups is 1. The quantitative estimate of drug-likeness (QED) is 0.649. The topological polar surface area (TPSA) is 29.5 Å². The lowest BCUT2D eigenvalue weighted by atomic mass is 10.0. The molecule has 3 rings (SSSR count). The Morgan fingerprint density at radius 1 is 1.26 bits per heavy atom. The third-order valence-electron chi connectivity index (χ3n) is 3.77. The molecule has 0 spiro atoms. The molecule has 1 heterocycles. The van der Waals surface area contributed by atoms with Gasteiger partial charge in [0.05, 0.1) is 5.02 Å². The molecule has 2 aromatic rings. The summed E-state index contributed by atoms with van der Waals surface area (Å²) < 4.78 is 6.00. The van der Waals surface area contributed by atoms with Crippen LogP contribution < -0.4 is 4.74 Å². The molecule has 0 saturated heterocycles. The molecule has 0 saturated carbocycles. The van der Waals surface area contributed by atoms with Gasteiger partial charge in [-0.3, -0.25) is 0 Å².